The molecular weight excluding hydrogens is 434 g/mol. The fourth-order valence-corrected chi connectivity index (χ4v) is 4.31. The van der Waals surface area contributed by atoms with Crippen molar-refractivity contribution in [2.24, 2.45) is 0 Å². The molecule has 3 aromatic rings. The lowest BCUT2D eigenvalue weighted by Crippen LogP contribution is -2.47. The number of rotatable bonds is 13. The van der Waals surface area contributed by atoms with Gasteiger partial charge in [0, 0.05) is 31.0 Å². The first kappa shape index (κ1) is 24.6. The lowest BCUT2D eigenvalue weighted by Gasteiger charge is -2.18. The molecule has 0 saturated carbocycles. The summed E-state index contributed by atoms with van der Waals surface area (Å²) < 4.78 is 0. The van der Waals surface area contributed by atoms with Crippen molar-refractivity contribution in [3.63, 3.8) is 0 Å². The quantitative estimate of drug-likeness (QED) is 0.362. The zero-order chi connectivity index (χ0) is 23.5. The third-order valence-electron chi connectivity index (χ3n) is 5.55. The Labute approximate surface area is 198 Å². The van der Waals surface area contributed by atoms with Crippen molar-refractivity contribution in [2.75, 3.05) is 0 Å². The molecule has 0 fully saturated rings. The highest BCUT2D eigenvalue weighted by atomic mass is 32.1. The van der Waals surface area contributed by atoms with Crippen LogP contribution >= 0.6 is 11.3 Å². The van der Waals surface area contributed by atoms with Gasteiger partial charge in [-0.25, -0.2) is 0 Å². The largest absolute Gasteiger partial charge is 0.350 e. The number of unbranched alkanes of at least 4 members (excludes halogenated alkanes) is 2. The van der Waals surface area contributed by atoms with Gasteiger partial charge in [0.05, 0.1) is 11.9 Å². The molecule has 2 N–H and O–H groups in total. The molecule has 0 saturated heterocycles. The Bertz CT molecular complexity index is 1070. The van der Waals surface area contributed by atoms with Crippen LogP contribution < -0.4 is 10.6 Å². The maximum absolute atomic E-state index is 12.9. The lowest BCUT2D eigenvalue weighted by molar-refractivity contribution is -0.129. The Balaban J connectivity index is 1.55. The topological polar surface area (TPSA) is 88.2 Å². The molecule has 2 heterocycles. The fourth-order valence-electron chi connectivity index (χ4n) is 3.64. The summed E-state index contributed by atoms with van der Waals surface area (Å²) in [6.45, 7) is 2.22. The van der Waals surface area contributed by atoms with Crippen molar-refractivity contribution in [1.82, 2.24) is 15.6 Å². The standard InChI is InChI=1S/C26H31N3O3S/c1-2-22(30)9-4-3-5-11-24(29-25(31)15-19-12-13-33-18-19)26(32)28-17-20-14-21-8-6-7-10-23(21)27-16-20/h6-8,10,12-14,16,18,24H,2-5,9,11,15,17H2,1H3,(H,28,32)(H,29,31)/t24-/m0/s1. The Morgan fingerprint density at radius 3 is 2.70 bits per heavy atom. The van der Waals surface area contributed by atoms with E-state index in [0.29, 0.717) is 25.8 Å². The number of nitrogens with one attached hydrogen (secondary N) is 2. The van der Waals surface area contributed by atoms with E-state index in [2.05, 4.69) is 15.6 Å². The van der Waals surface area contributed by atoms with Gasteiger partial charge in [0.1, 0.15) is 11.8 Å². The van der Waals surface area contributed by atoms with Gasteiger partial charge >= 0.3 is 0 Å². The summed E-state index contributed by atoms with van der Waals surface area (Å²) in [7, 11) is 0. The number of thiophene rings is 1. The fraction of sp³-hybridized carbons (Fsp3) is 0.385. The minimum absolute atomic E-state index is 0.165. The first-order valence-corrected chi connectivity index (χ1v) is 12.4. The number of para-hydroxylation sites is 1. The molecule has 0 bridgehead atoms. The van der Waals surface area contributed by atoms with Crippen molar-refractivity contribution >= 4 is 39.8 Å². The third kappa shape index (κ3) is 8.09. The van der Waals surface area contributed by atoms with Crippen LogP contribution in [0.3, 0.4) is 0 Å². The van der Waals surface area contributed by atoms with Crippen molar-refractivity contribution in [1.29, 1.82) is 0 Å². The molecular formula is C26H31N3O3S. The van der Waals surface area contributed by atoms with Gasteiger partial charge in [0.15, 0.2) is 0 Å². The van der Waals surface area contributed by atoms with Crippen molar-refractivity contribution in [3.05, 3.63) is 64.5 Å². The molecule has 6 nitrogen and oxygen atoms in total. The van der Waals surface area contributed by atoms with Gasteiger partial charge in [0.25, 0.3) is 0 Å². The number of hydrogen-bond donors (Lipinski definition) is 2. The molecule has 1 aromatic carbocycles. The predicted molar refractivity (Wildman–Crippen MR) is 132 cm³/mol. The van der Waals surface area contributed by atoms with E-state index in [4.69, 9.17) is 0 Å². The van der Waals surface area contributed by atoms with Crippen LogP contribution in [-0.2, 0) is 27.3 Å². The number of carbonyl (C=O) groups is 3. The maximum atomic E-state index is 12.9. The highest BCUT2D eigenvalue weighted by Gasteiger charge is 2.20. The van der Waals surface area contributed by atoms with Crippen LogP contribution in [0.5, 0.6) is 0 Å². The highest BCUT2D eigenvalue weighted by Crippen LogP contribution is 2.13. The second-order valence-electron chi connectivity index (χ2n) is 8.17. The monoisotopic (exact) mass is 465 g/mol. The zero-order valence-corrected chi connectivity index (χ0v) is 19.8. The summed E-state index contributed by atoms with van der Waals surface area (Å²) in [5.41, 5.74) is 2.76. The molecule has 7 heteroatoms. The number of hydrogen-bond acceptors (Lipinski definition) is 5. The SMILES string of the molecule is CCC(=O)CCCCC[C@H](NC(=O)Cc1ccsc1)C(=O)NCc1cnc2ccccc2c1. The molecule has 2 aromatic heterocycles. The number of aromatic nitrogens is 1. The Morgan fingerprint density at radius 2 is 1.91 bits per heavy atom. The highest BCUT2D eigenvalue weighted by molar-refractivity contribution is 7.08. The molecule has 1 atom stereocenters. The first-order valence-electron chi connectivity index (χ1n) is 11.5. The van der Waals surface area contributed by atoms with Gasteiger partial charge < -0.3 is 10.6 Å². The smallest absolute Gasteiger partial charge is 0.242 e. The number of Topliss-reactive ketones (excluding diaryl/α,β-unsaturated/α-hetero) is 1. The zero-order valence-electron chi connectivity index (χ0n) is 19.0. The molecule has 174 valence electrons. The van der Waals surface area contributed by atoms with Crippen molar-refractivity contribution in [3.8, 4) is 0 Å². The average Bonchev–Trinajstić information content (AvgIpc) is 3.34. The van der Waals surface area contributed by atoms with Gasteiger partial charge in [-0.1, -0.05) is 38.0 Å². The number of pyridine rings is 1. The summed E-state index contributed by atoms with van der Waals surface area (Å²) in [6, 6.07) is 11.2. The number of fused-ring (bicyclic) bond motifs is 1. The molecule has 0 aliphatic heterocycles. The van der Waals surface area contributed by atoms with E-state index in [-0.39, 0.29) is 24.0 Å². The molecule has 2 amide bonds. The van der Waals surface area contributed by atoms with Gasteiger partial charge in [-0.2, -0.15) is 11.3 Å². The molecule has 3 rings (SSSR count). The summed E-state index contributed by atoms with van der Waals surface area (Å²) >= 11 is 1.54. The third-order valence-corrected chi connectivity index (χ3v) is 6.29. The second-order valence-corrected chi connectivity index (χ2v) is 8.95. The van der Waals surface area contributed by atoms with Crippen LogP contribution in [0, 0.1) is 0 Å². The van der Waals surface area contributed by atoms with E-state index in [1.54, 1.807) is 17.5 Å². The molecule has 0 unspecified atom stereocenters. The van der Waals surface area contributed by atoms with Crippen LogP contribution in [0.15, 0.2) is 53.4 Å². The number of carbonyl (C=O) groups excluding carboxylic acids is 3. The number of amides is 2. The Kier molecular flexibility index (Phi) is 9.57. The number of ketones is 1. The normalized spacial score (nSPS) is 11.8. The molecule has 0 aliphatic carbocycles. The summed E-state index contributed by atoms with van der Waals surface area (Å²) in [5, 5.41) is 10.7. The number of nitrogens with zero attached hydrogens (tertiary/aromatic N) is 1. The van der Waals surface area contributed by atoms with Crippen molar-refractivity contribution < 1.29 is 14.4 Å². The van der Waals surface area contributed by atoms with Gasteiger partial charge in [-0.05, 0) is 52.9 Å². The van der Waals surface area contributed by atoms with E-state index in [0.717, 1.165) is 41.3 Å². The number of benzene rings is 1. The summed E-state index contributed by atoms with van der Waals surface area (Å²) in [5.74, 6) is -0.106. The predicted octanol–water partition coefficient (Wildman–Crippen LogP) is 4.57. The second kappa shape index (κ2) is 12.8. The van der Waals surface area contributed by atoms with E-state index in [1.807, 2.05) is 54.1 Å². The molecule has 33 heavy (non-hydrogen) atoms. The lowest BCUT2D eigenvalue weighted by atomic mass is 10.0. The van der Waals surface area contributed by atoms with Gasteiger partial charge in [0.2, 0.25) is 11.8 Å². The minimum Gasteiger partial charge on any atom is -0.350 e. The van der Waals surface area contributed by atoms with Crippen molar-refractivity contribution in [2.45, 2.75) is 64.5 Å². The van der Waals surface area contributed by atoms with E-state index >= 15 is 0 Å². The van der Waals surface area contributed by atoms with Crippen LogP contribution in [0.1, 0.15) is 56.6 Å². The Morgan fingerprint density at radius 1 is 1.06 bits per heavy atom. The van der Waals surface area contributed by atoms with Crippen LogP contribution in [0.4, 0.5) is 0 Å². The Hall–Kier alpha value is -3.06. The maximum Gasteiger partial charge on any atom is 0.242 e. The van der Waals surface area contributed by atoms with Crippen LogP contribution in [-0.4, -0.2) is 28.6 Å². The summed E-state index contributed by atoms with van der Waals surface area (Å²) in [6.07, 6.45) is 6.13. The molecule has 0 spiro atoms. The van der Waals surface area contributed by atoms with Crippen LogP contribution in [0.25, 0.3) is 10.9 Å². The van der Waals surface area contributed by atoms with E-state index in [9.17, 15) is 14.4 Å². The average molecular weight is 466 g/mol. The van der Waals surface area contributed by atoms with E-state index in [1.165, 1.54) is 0 Å². The van der Waals surface area contributed by atoms with Crippen LogP contribution in [0.2, 0.25) is 0 Å². The van der Waals surface area contributed by atoms with Gasteiger partial charge in [-0.15, -0.1) is 0 Å². The molecule has 0 radical (unpaired) electrons. The molecule has 0 aliphatic rings. The first-order chi connectivity index (χ1) is 16.0. The van der Waals surface area contributed by atoms with E-state index < -0.39 is 6.04 Å². The minimum atomic E-state index is -0.605. The van der Waals surface area contributed by atoms with Gasteiger partial charge in [-0.3, -0.25) is 19.4 Å². The summed E-state index contributed by atoms with van der Waals surface area (Å²) in [4.78, 5) is 41.4.